The van der Waals surface area contributed by atoms with Crippen LogP contribution in [0.1, 0.15) is 58.8 Å². The fraction of sp³-hybridized carbons (Fsp3) is 0.842. The quantitative estimate of drug-likeness (QED) is 0.677. The summed E-state index contributed by atoms with van der Waals surface area (Å²) in [5.41, 5.74) is 1.03. The van der Waals surface area contributed by atoms with Crippen LogP contribution in [0.25, 0.3) is 0 Å². The second-order valence-corrected chi connectivity index (χ2v) is 8.65. The average molecular weight is 304 g/mol. The molecule has 0 spiro atoms. The van der Waals surface area contributed by atoms with Gasteiger partial charge in [0.05, 0.1) is 17.6 Å². The van der Waals surface area contributed by atoms with Crippen LogP contribution in [0.2, 0.25) is 0 Å². The van der Waals surface area contributed by atoms with Crippen molar-refractivity contribution in [3.8, 4) is 0 Å². The standard InChI is InChI=1S/C19H28O3/c1-18-8-7-12(20)9-11(18)3-4-13-14-5-6-16(21)19(14,2)17(22)10-15(13)18/h3,12-15,17,20,22H,4-10H2,1-2H3/t12-,13-,14-,15-,17+,18-,19-/m0/s1. The van der Waals surface area contributed by atoms with Gasteiger partial charge in [-0.25, -0.2) is 0 Å². The second-order valence-electron chi connectivity index (χ2n) is 8.65. The smallest absolute Gasteiger partial charge is 0.141 e. The molecule has 4 aliphatic rings. The van der Waals surface area contributed by atoms with E-state index in [1.54, 1.807) is 0 Å². The van der Waals surface area contributed by atoms with E-state index < -0.39 is 11.5 Å². The zero-order valence-corrected chi connectivity index (χ0v) is 13.7. The highest BCUT2D eigenvalue weighted by atomic mass is 16.3. The number of rotatable bonds is 0. The van der Waals surface area contributed by atoms with Crippen molar-refractivity contribution >= 4 is 5.78 Å². The summed E-state index contributed by atoms with van der Waals surface area (Å²) in [4.78, 5) is 12.4. The zero-order chi connectivity index (χ0) is 15.7. The molecule has 0 heterocycles. The van der Waals surface area contributed by atoms with Gasteiger partial charge in [0, 0.05) is 6.42 Å². The Hall–Kier alpha value is -0.670. The van der Waals surface area contributed by atoms with Gasteiger partial charge in [0.15, 0.2) is 0 Å². The number of carbonyl (C=O) groups is 1. The molecule has 0 radical (unpaired) electrons. The van der Waals surface area contributed by atoms with Gasteiger partial charge < -0.3 is 10.2 Å². The third-order valence-corrected chi connectivity index (χ3v) is 7.90. The molecule has 4 aliphatic carbocycles. The molecule has 0 saturated heterocycles. The number of carbonyl (C=O) groups excluding carboxylic acids is 1. The summed E-state index contributed by atoms with van der Waals surface area (Å²) >= 11 is 0. The van der Waals surface area contributed by atoms with E-state index in [1.165, 1.54) is 5.57 Å². The summed E-state index contributed by atoms with van der Waals surface area (Å²) in [6.45, 7) is 4.35. The van der Waals surface area contributed by atoms with Gasteiger partial charge in [-0.05, 0) is 68.6 Å². The number of Topliss-reactive ketones (excluding diaryl/α,β-unsaturated/α-hetero) is 1. The van der Waals surface area contributed by atoms with E-state index in [0.717, 1.165) is 38.5 Å². The molecule has 0 aromatic rings. The fourth-order valence-corrected chi connectivity index (χ4v) is 6.39. The molecule has 3 heteroatoms. The Labute approximate surface area is 132 Å². The van der Waals surface area contributed by atoms with Gasteiger partial charge in [0.25, 0.3) is 0 Å². The minimum absolute atomic E-state index is 0.121. The van der Waals surface area contributed by atoms with E-state index in [0.29, 0.717) is 24.2 Å². The SMILES string of the molecule is C[C@@]12C(=O)CC[C@H]1[C@@H]1CC=C3C[C@@H](O)CC[C@]3(C)[C@H]1C[C@H]2O. The van der Waals surface area contributed by atoms with Crippen molar-refractivity contribution in [3.63, 3.8) is 0 Å². The molecule has 7 atom stereocenters. The van der Waals surface area contributed by atoms with Crippen molar-refractivity contribution in [2.24, 2.45) is 28.6 Å². The van der Waals surface area contributed by atoms with Crippen LogP contribution < -0.4 is 0 Å². The molecule has 4 rings (SSSR count). The van der Waals surface area contributed by atoms with Crippen LogP contribution in [-0.2, 0) is 4.79 Å². The lowest BCUT2D eigenvalue weighted by molar-refractivity contribution is -0.149. The predicted molar refractivity (Wildman–Crippen MR) is 84.1 cm³/mol. The van der Waals surface area contributed by atoms with Gasteiger partial charge in [-0.15, -0.1) is 0 Å². The van der Waals surface area contributed by atoms with Crippen LogP contribution in [0.5, 0.6) is 0 Å². The van der Waals surface area contributed by atoms with Gasteiger partial charge in [0.2, 0.25) is 0 Å². The molecule has 2 N–H and O–H groups in total. The summed E-state index contributed by atoms with van der Waals surface area (Å²) in [7, 11) is 0. The molecule has 3 nitrogen and oxygen atoms in total. The van der Waals surface area contributed by atoms with Gasteiger partial charge in [-0.1, -0.05) is 18.6 Å². The first-order chi connectivity index (χ1) is 10.4. The van der Waals surface area contributed by atoms with Crippen molar-refractivity contribution < 1.29 is 15.0 Å². The first-order valence-corrected chi connectivity index (χ1v) is 8.96. The van der Waals surface area contributed by atoms with E-state index in [9.17, 15) is 15.0 Å². The molecule has 3 saturated carbocycles. The normalized spacial score (nSPS) is 54.3. The van der Waals surface area contributed by atoms with Crippen LogP contribution >= 0.6 is 0 Å². The largest absolute Gasteiger partial charge is 0.393 e. The maximum Gasteiger partial charge on any atom is 0.141 e. The van der Waals surface area contributed by atoms with E-state index in [4.69, 9.17) is 0 Å². The minimum atomic E-state index is -0.503. The Morgan fingerprint density at radius 2 is 1.95 bits per heavy atom. The van der Waals surface area contributed by atoms with E-state index in [1.807, 2.05) is 6.92 Å². The second kappa shape index (κ2) is 4.67. The summed E-state index contributed by atoms with van der Waals surface area (Å²) in [6, 6.07) is 0. The lowest BCUT2D eigenvalue weighted by atomic mass is 9.47. The Balaban J connectivity index is 1.73. The minimum Gasteiger partial charge on any atom is -0.393 e. The van der Waals surface area contributed by atoms with Crippen LogP contribution in [-0.4, -0.2) is 28.2 Å². The molecule has 0 aliphatic heterocycles. The van der Waals surface area contributed by atoms with Crippen LogP contribution in [0.15, 0.2) is 11.6 Å². The Kier molecular flexibility index (Phi) is 3.16. The van der Waals surface area contributed by atoms with Gasteiger partial charge >= 0.3 is 0 Å². The summed E-state index contributed by atoms with van der Waals surface area (Å²) < 4.78 is 0. The Morgan fingerprint density at radius 1 is 1.18 bits per heavy atom. The topological polar surface area (TPSA) is 57.5 Å². The number of ketones is 1. The van der Waals surface area contributed by atoms with Gasteiger partial charge in [-0.3, -0.25) is 4.79 Å². The number of aliphatic hydroxyl groups is 2. The Bertz CT molecular complexity index is 539. The van der Waals surface area contributed by atoms with E-state index in [2.05, 4.69) is 13.0 Å². The van der Waals surface area contributed by atoms with Crippen molar-refractivity contribution in [1.29, 1.82) is 0 Å². The van der Waals surface area contributed by atoms with Crippen LogP contribution in [0.3, 0.4) is 0 Å². The van der Waals surface area contributed by atoms with E-state index >= 15 is 0 Å². The molecule has 22 heavy (non-hydrogen) atoms. The zero-order valence-electron chi connectivity index (χ0n) is 13.7. The summed E-state index contributed by atoms with van der Waals surface area (Å²) in [6.07, 6.45) is 7.76. The maximum absolute atomic E-state index is 12.4. The molecule has 0 aromatic carbocycles. The van der Waals surface area contributed by atoms with Crippen molar-refractivity contribution in [2.45, 2.75) is 71.0 Å². The number of hydrogen-bond donors (Lipinski definition) is 2. The number of allylic oxidation sites excluding steroid dienone is 1. The molecule has 0 unspecified atom stereocenters. The number of fused-ring (bicyclic) bond motifs is 5. The molecule has 0 amide bonds. The lowest BCUT2D eigenvalue weighted by Gasteiger charge is -2.58. The third kappa shape index (κ3) is 1.73. The van der Waals surface area contributed by atoms with Crippen molar-refractivity contribution in [3.05, 3.63) is 11.6 Å². The third-order valence-electron chi connectivity index (χ3n) is 7.90. The van der Waals surface area contributed by atoms with Crippen LogP contribution in [0, 0.1) is 28.6 Å². The molecular weight excluding hydrogens is 276 g/mol. The van der Waals surface area contributed by atoms with Gasteiger partial charge in [-0.2, -0.15) is 0 Å². The summed E-state index contributed by atoms with van der Waals surface area (Å²) in [5.74, 6) is 1.63. The molecule has 3 fully saturated rings. The van der Waals surface area contributed by atoms with Crippen molar-refractivity contribution in [2.75, 3.05) is 0 Å². The molecule has 122 valence electrons. The molecular formula is C19H28O3. The maximum atomic E-state index is 12.4. The highest BCUT2D eigenvalue weighted by Gasteiger charge is 2.62. The summed E-state index contributed by atoms with van der Waals surface area (Å²) in [5, 5.41) is 20.8. The monoisotopic (exact) mass is 304 g/mol. The molecule has 0 aromatic heterocycles. The fourth-order valence-electron chi connectivity index (χ4n) is 6.39. The predicted octanol–water partition coefficient (Wildman–Crippen LogP) is 2.85. The van der Waals surface area contributed by atoms with Crippen molar-refractivity contribution in [1.82, 2.24) is 0 Å². The number of aliphatic hydroxyl groups excluding tert-OH is 2. The van der Waals surface area contributed by atoms with E-state index in [-0.39, 0.29) is 17.3 Å². The highest BCUT2D eigenvalue weighted by Crippen LogP contribution is 2.63. The lowest BCUT2D eigenvalue weighted by Crippen LogP contribution is -2.56. The number of hydrogen-bond acceptors (Lipinski definition) is 3. The van der Waals surface area contributed by atoms with Crippen LogP contribution in [0.4, 0.5) is 0 Å². The average Bonchev–Trinajstić information content (AvgIpc) is 2.79. The Morgan fingerprint density at radius 3 is 2.73 bits per heavy atom. The highest BCUT2D eigenvalue weighted by molar-refractivity contribution is 5.87. The molecule has 0 bridgehead atoms. The first-order valence-electron chi connectivity index (χ1n) is 8.96. The van der Waals surface area contributed by atoms with Gasteiger partial charge in [0.1, 0.15) is 5.78 Å². The first kappa shape index (κ1) is 14.9.